The van der Waals surface area contributed by atoms with E-state index in [9.17, 15) is 10.1 Å². The second-order valence-electron chi connectivity index (χ2n) is 3.78. The van der Waals surface area contributed by atoms with Crippen LogP contribution in [0.5, 0.6) is 0 Å². The molecule has 16 heavy (non-hydrogen) atoms. The van der Waals surface area contributed by atoms with Gasteiger partial charge in [0.1, 0.15) is 0 Å². The Labute approximate surface area is 98.8 Å². The van der Waals surface area contributed by atoms with Gasteiger partial charge in [-0.05, 0) is 18.4 Å². The Kier molecular flexibility index (Phi) is 4.76. The molecule has 5 heteroatoms. The quantitative estimate of drug-likeness (QED) is 0.489. The molecule has 1 unspecified atom stereocenters. The third kappa shape index (κ3) is 3.21. The number of nitro benzene ring substituents is 1. The van der Waals surface area contributed by atoms with E-state index in [4.69, 9.17) is 5.11 Å². The monoisotopic (exact) mass is 241 g/mol. The van der Waals surface area contributed by atoms with E-state index in [0.29, 0.717) is 10.6 Å². The van der Waals surface area contributed by atoms with Crippen molar-refractivity contribution in [2.75, 3.05) is 12.4 Å². The lowest BCUT2D eigenvalue weighted by atomic mass is 10.2. The molecule has 0 spiro atoms. The lowest BCUT2D eigenvalue weighted by Gasteiger charge is -2.09. The standard InChI is InChI=1S/C11H15NO3S/c1-8(6-13)7-16-11-9(2)4-3-5-10(11)12(14)15/h3-5,8,13H,6-7H2,1-2H3. The van der Waals surface area contributed by atoms with Crippen LogP contribution in [0, 0.1) is 23.0 Å². The fourth-order valence-electron chi connectivity index (χ4n) is 1.25. The molecule has 4 nitrogen and oxygen atoms in total. The molecule has 0 fully saturated rings. The molecular formula is C11H15NO3S. The number of hydrogen-bond donors (Lipinski definition) is 1. The van der Waals surface area contributed by atoms with Crippen molar-refractivity contribution in [2.45, 2.75) is 18.7 Å². The molecule has 0 aromatic heterocycles. The van der Waals surface area contributed by atoms with Gasteiger partial charge in [0.2, 0.25) is 0 Å². The van der Waals surface area contributed by atoms with E-state index in [1.54, 1.807) is 6.07 Å². The third-order valence-electron chi connectivity index (χ3n) is 2.21. The van der Waals surface area contributed by atoms with Crippen molar-refractivity contribution in [3.63, 3.8) is 0 Å². The zero-order valence-electron chi connectivity index (χ0n) is 9.34. The Morgan fingerprint density at radius 3 is 2.81 bits per heavy atom. The maximum atomic E-state index is 10.8. The predicted octanol–water partition coefficient (Wildman–Crippen LogP) is 2.62. The summed E-state index contributed by atoms with van der Waals surface area (Å²) in [6.45, 7) is 3.88. The summed E-state index contributed by atoms with van der Waals surface area (Å²) in [4.78, 5) is 11.2. The zero-order chi connectivity index (χ0) is 12.1. The van der Waals surface area contributed by atoms with Gasteiger partial charge in [-0.1, -0.05) is 19.1 Å². The summed E-state index contributed by atoms with van der Waals surface area (Å²) in [5, 5.41) is 19.7. The van der Waals surface area contributed by atoms with Gasteiger partial charge in [0.15, 0.2) is 0 Å². The molecule has 0 bridgehead atoms. The largest absolute Gasteiger partial charge is 0.396 e. The first-order valence-corrected chi connectivity index (χ1v) is 6.02. The van der Waals surface area contributed by atoms with Crippen LogP contribution in [0.1, 0.15) is 12.5 Å². The van der Waals surface area contributed by atoms with Gasteiger partial charge in [-0.15, -0.1) is 11.8 Å². The molecule has 0 radical (unpaired) electrons. The van der Waals surface area contributed by atoms with E-state index in [-0.39, 0.29) is 23.1 Å². The van der Waals surface area contributed by atoms with Crippen molar-refractivity contribution in [1.82, 2.24) is 0 Å². The summed E-state index contributed by atoms with van der Waals surface area (Å²) in [5.41, 5.74) is 1.06. The molecule has 1 atom stereocenters. The molecular weight excluding hydrogens is 226 g/mol. The molecule has 88 valence electrons. The van der Waals surface area contributed by atoms with Crippen LogP contribution < -0.4 is 0 Å². The van der Waals surface area contributed by atoms with Crippen molar-refractivity contribution in [1.29, 1.82) is 0 Å². The number of benzene rings is 1. The minimum absolute atomic E-state index is 0.104. The van der Waals surface area contributed by atoms with Gasteiger partial charge in [-0.25, -0.2) is 0 Å². The summed E-state index contributed by atoms with van der Waals surface area (Å²) >= 11 is 1.43. The topological polar surface area (TPSA) is 63.4 Å². The van der Waals surface area contributed by atoms with Crippen molar-refractivity contribution in [2.24, 2.45) is 5.92 Å². The highest BCUT2D eigenvalue weighted by Gasteiger charge is 2.16. The fourth-order valence-corrected chi connectivity index (χ4v) is 2.39. The maximum absolute atomic E-state index is 10.8. The smallest absolute Gasteiger partial charge is 0.283 e. The number of hydrogen-bond acceptors (Lipinski definition) is 4. The SMILES string of the molecule is Cc1cccc([N+](=O)[O-])c1SCC(C)CO. The number of aliphatic hydroxyl groups is 1. The molecule has 1 N–H and O–H groups in total. The molecule has 0 aliphatic heterocycles. The minimum atomic E-state index is -0.362. The molecule has 0 aliphatic carbocycles. The van der Waals surface area contributed by atoms with Gasteiger partial charge < -0.3 is 5.11 Å². The molecule has 1 aromatic rings. The Balaban J connectivity index is 2.88. The second kappa shape index (κ2) is 5.86. The van der Waals surface area contributed by atoms with Crippen LogP contribution in [0.15, 0.2) is 23.1 Å². The van der Waals surface area contributed by atoms with Crippen molar-refractivity contribution < 1.29 is 10.0 Å². The van der Waals surface area contributed by atoms with Crippen molar-refractivity contribution in [3.8, 4) is 0 Å². The van der Waals surface area contributed by atoms with Crippen LogP contribution in [0.4, 0.5) is 5.69 Å². The van der Waals surface area contributed by atoms with E-state index in [1.807, 2.05) is 19.9 Å². The summed E-state index contributed by atoms with van der Waals surface area (Å²) in [7, 11) is 0. The molecule has 1 aromatic carbocycles. The Hall–Kier alpha value is -1.07. The molecule has 1 rings (SSSR count). The zero-order valence-corrected chi connectivity index (χ0v) is 10.2. The Morgan fingerprint density at radius 1 is 1.56 bits per heavy atom. The number of rotatable bonds is 5. The molecule has 0 heterocycles. The minimum Gasteiger partial charge on any atom is -0.396 e. The first kappa shape index (κ1) is 13.0. The first-order chi connectivity index (χ1) is 7.56. The summed E-state index contributed by atoms with van der Waals surface area (Å²) in [6.07, 6.45) is 0. The lowest BCUT2D eigenvalue weighted by Crippen LogP contribution is -2.04. The van der Waals surface area contributed by atoms with Gasteiger partial charge >= 0.3 is 0 Å². The lowest BCUT2D eigenvalue weighted by molar-refractivity contribution is -0.387. The fraction of sp³-hybridized carbons (Fsp3) is 0.455. The second-order valence-corrected chi connectivity index (χ2v) is 4.81. The van der Waals surface area contributed by atoms with Crippen LogP contribution in [0.25, 0.3) is 0 Å². The summed E-state index contributed by atoms with van der Waals surface area (Å²) in [6, 6.07) is 5.06. The highest BCUT2D eigenvalue weighted by Crippen LogP contribution is 2.33. The van der Waals surface area contributed by atoms with Crippen LogP contribution in [-0.4, -0.2) is 22.4 Å². The first-order valence-electron chi connectivity index (χ1n) is 5.04. The summed E-state index contributed by atoms with van der Waals surface area (Å²) in [5.74, 6) is 0.826. The Bertz CT molecular complexity index is 381. The van der Waals surface area contributed by atoms with E-state index < -0.39 is 0 Å². The molecule has 0 aliphatic rings. The third-order valence-corrected chi connectivity index (χ3v) is 3.77. The van der Waals surface area contributed by atoms with Gasteiger partial charge in [0, 0.05) is 18.4 Å². The average Bonchev–Trinajstić information content (AvgIpc) is 2.26. The van der Waals surface area contributed by atoms with E-state index in [0.717, 1.165) is 5.56 Å². The highest BCUT2D eigenvalue weighted by atomic mass is 32.2. The normalized spacial score (nSPS) is 12.4. The summed E-state index contributed by atoms with van der Waals surface area (Å²) < 4.78 is 0. The van der Waals surface area contributed by atoms with Crippen molar-refractivity contribution >= 4 is 17.4 Å². The average molecular weight is 241 g/mol. The van der Waals surface area contributed by atoms with E-state index in [1.165, 1.54) is 17.8 Å². The number of thioether (sulfide) groups is 1. The highest BCUT2D eigenvalue weighted by molar-refractivity contribution is 7.99. The van der Waals surface area contributed by atoms with E-state index in [2.05, 4.69) is 0 Å². The van der Waals surface area contributed by atoms with Crippen LogP contribution in [-0.2, 0) is 0 Å². The molecule has 0 saturated carbocycles. The Morgan fingerprint density at radius 2 is 2.25 bits per heavy atom. The van der Waals surface area contributed by atoms with Crippen LogP contribution in [0.3, 0.4) is 0 Å². The van der Waals surface area contributed by atoms with Crippen LogP contribution in [0.2, 0.25) is 0 Å². The van der Waals surface area contributed by atoms with Gasteiger partial charge in [-0.2, -0.15) is 0 Å². The van der Waals surface area contributed by atoms with Gasteiger partial charge in [0.05, 0.1) is 9.82 Å². The molecule has 0 saturated heterocycles. The number of nitro groups is 1. The van der Waals surface area contributed by atoms with Crippen molar-refractivity contribution in [3.05, 3.63) is 33.9 Å². The number of aliphatic hydroxyl groups excluding tert-OH is 1. The van der Waals surface area contributed by atoms with Gasteiger partial charge in [0.25, 0.3) is 5.69 Å². The van der Waals surface area contributed by atoms with Crippen LogP contribution >= 0.6 is 11.8 Å². The maximum Gasteiger partial charge on any atom is 0.283 e. The predicted molar refractivity (Wildman–Crippen MR) is 64.8 cm³/mol. The van der Waals surface area contributed by atoms with Gasteiger partial charge in [-0.3, -0.25) is 10.1 Å². The van der Waals surface area contributed by atoms with E-state index >= 15 is 0 Å². The number of aryl methyl sites for hydroxylation is 1. The molecule has 0 amide bonds. The number of nitrogens with zero attached hydrogens (tertiary/aromatic N) is 1.